The average Bonchev–Trinajstić information content (AvgIpc) is 3.32. The molecule has 350 valence electrons. The van der Waals surface area contributed by atoms with E-state index in [1.165, 1.54) is 0 Å². The molecule has 16 nitrogen and oxygen atoms in total. The molecule has 4 aromatic rings. The van der Waals surface area contributed by atoms with Crippen LogP contribution in [0.15, 0.2) is 84.9 Å². The van der Waals surface area contributed by atoms with Gasteiger partial charge in [0.2, 0.25) is 0 Å². The average molecular weight is 895 g/mol. The van der Waals surface area contributed by atoms with Crippen molar-refractivity contribution < 1.29 is 75.8 Å². The Hall–Kier alpha value is -5.04. The van der Waals surface area contributed by atoms with E-state index in [9.17, 15) is 0 Å². The summed E-state index contributed by atoms with van der Waals surface area (Å²) in [7, 11) is 0. The van der Waals surface area contributed by atoms with Gasteiger partial charge in [0.1, 0.15) is 52.9 Å². The van der Waals surface area contributed by atoms with Gasteiger partial charge in [0.05, 0.1) is 106 Å². The minimum atomic E-state index is 0.296. The lowest BCUT2D eigenvalue weighted by molar-refractivity contribution is 0.0223. The molecule has 4 aromatic carbocycles. The van der Waals surface area contributed by atoms with Crippen LogP contribution in [-0.4, -0.2) is 159 Å². The van der Waals surface area contributed by atoms with Crippen molar-refractivity contribution in [2.45, 2.75) is 0 Å². The van der Waals surface area contributed by atoms with Crippen LogP contribution >= 0.6 is 0 Å². The monoisotopic (exact) mass is 894 g/mol. The molecular weight excluding hydrogens is 833 g/mol. The van der Waals surface area contributed by atoms with E-state index in [0.29, 0.717) is 205 Å². The van der Waals surface area contributed by atoms with Gasteiger partial charge in [0, 0.05) is 0 Å². The molecule has 0 amide bonds. The fourth-order valence-electron chi connectivity index (χ4n) is 6.19. The van der Waals surface area contributed by atoms with Gasteiger partial charge in [-0.25, -0.2) is 0 Å². The molecule has 64 heavy (non-hydrogen) atoms. The Morgan fingerprint density at radius 3 is 0.609 bits per heavy atom. The highest BCUT2D eigenvalue weighted by atomic mass is 16.6. The Bertz CT molecular complexity index is 1730. The second kappa shape index (κ2) is 30.2. The first kappa shape index (κ1) is 48.4. The fraction of sp³-hybridized carbons (Fsp3) is 0.500. The molecule has 0 spiro atoms. The van der Waals surface area contributed by atoms with Crippen LogP contribution in [0.1, 0.15) is 0 Å². The Morgan fingerprint density at radius 1 is 0.188 bits per heavy atom. The van der Waals surface area contributed by atoms with Crippen molar-refractivity contribution >= 4 is 0 Å². The van der Waals surface area contributed by atoms with Crippen LogP contribution in [0.4, 0.5) is 0 Å². The molecule has 0 saturated carbocycles. The zero-order valence-electron chi connectivity index (χ0n) is 36.6. The molecule has 2 heterocycles. The van der Waals surface area contributed by atoms with Gasteiger partial charge < -0.3 is 75.8 Å². The first-order chi connectivity index (χ1) is 31.8. The molecular formula is C48H62O16. The molecule has 0 atom stereocenters. The van der Waals surface area contributed by atoms with E-state index in [2.05, 4.69) is 0 Å². The number of para-hydroxylation sites is 4. The van der Waals surface area contributed by atoms with Crippen molar-refractivity contribution in [3.63, 3.8) is 0 Å². The summed E-state index contributed by atoms with van der Waals surface area (Å²) in [5.41, 5.74) is 1.77. The first-order valence-corrected chi connectivity index (χ1v) is 21.9. The third kappa shape index (κ3) is 18.2. The van der Waals surface area contributed by atoms with Crippen molar-refractivity contribution in [3.05, 3.63) is 84.9 Å². The van der Waals surface area contributed by atoms with Crippen LogP contribution in [-0.2, 0) is 37.9 Å². The van der Waals surface area contributed by atoms with Crippen LogP contribution in [0.3, 0.4) is 0 Å². The van der Waals surface area contributed by atoms with Crippen molar-refractivity contribution in [3.8, 4) is 57.1 Å². The third-order valence-corrected chi connectivity index (χ3v) is 9.29. The molecule has 0 saturated heterocycles. The molecule has 0 unspecified atom stereocenters. The topological polar surface area (TPSA) is 148 Å². The third-order valence-electron chi connectivity index (χ3n) is 9.29. The zero-order valence-corrected chi connectivity index (χ0v) is 36.6. The Balaban J connectivity index is 1.03. The highest BCUT2D eigenvalue weighted by Crippen LogP contribution is 2.37. The van der Waals surface area contributed by atoms with Gasteiger partial charge >= 0.3 is 0 Å². The van der Waals surface area contributed by atoms with Gasteiger partial charge in [-0.1, -0.05) is 36.4 Å². The van der Waals surface area contributed by atoms with Gasteiger partial charge in [0.25, 0.3) is 0 Å². The molecule has 2 aliphatic rings. The van der Waals surface area contributed by atoms with Gasteiger partial charge in [-0.15, -0.1) is 0 Å². The molecule has 16 heteroatoms. The lowest BCUT2D eigenvalue weighted by atomic mass is 10.0. The van der Waals surface area contributed by atoms with Gasteiger partial charge in [0.15, 0.2) is 46.0 Å². The second-order valence-electron chi connectivity index (χ2n) is 13.9. The maximum Gasteiger partial charge on any atom is 0.161 e. The SMILES string of the molecule is c1ccc2c(c1)OCCOCCOCCOc1ccc(-c3ccc4c(c3)OCCOCCOCCOc3ccccc3OCCOCCOCCO4)cc1OCCOCCOCCO2. The lowest BCUT2D eigenvalue weighted by Crippen LogP contribution is -2.15. The predicted molar refractivity (Wildman–Crippen MR) is 235 cm³/mol. The summed E-state index contributed by atoms with van der Waals surface area (Å²) in [6.45, 7) is 9.11. The maximum atomic E-state index is 6.24. The van der Waals surface area contributed by atoms with Crippen LogP contribution in [0, 0.1) is 0 Å². The molecule has 6 rings (SSSR count). The number of ether oxygens (including phenoxy) is 16. The smallest absolute Gasteiger partial charge is 0.161 e. The van der Waals surface area contributed by atoms with Crippen molar-refractivity contribution in [1.82, 2.24) is 0 Å². The summed E-state index contributed by atoms with van der Waals surface area (Å²) in [5.74, 6) is 4.91. The van der Waals surface area contributed by atoms with Crippen molar-refractivity contribution in [1.29, 1.82) is 0 Å². The Kier molecular flexibility index (Phi) is 22.8. The normalized spacial score (nSPS) is 18.6. The molecule has 0 radical (unpaired) electrons. The summed E-state index contributed by atoms with van der Waals surface area (Å²) in [6.07, 6.45) is 0. The van der Waals surface area contributed by atoms with E-state index in [1.54, 1.807) is 0 Å². The molecule has 0 bridgehead atoms. The van der Waals surface area contributed by atoms with Gasteiger partial charge in [-0.2, -0.15) is 0 Å². The highest BCUT2D eigenvalue weighted by molar-refractivity contribution is 5.70. The summed E-state index contributed by atoms with van der Waals surface area (Å²) < 4.78 is 94.2. The molecule has 0 aliphatic carbocycles. The van der Waals surface area contributed by atoms with Crippen LogP contribution in [0.2, 0.25) is 0 Å². The molecule has 0 N–H and O–H groups in total. The summed E-state index contributed by atoms with van der Waals surface area (Å²) in [6, 6.07) is 26.7. The van der Waals surface area contributed by atoms with Gasteiger partial charge in [-0.05, 0) is 59.7 Å². The van der Waals surface area contributed by atoms with Crippen LogP contribution in [0.25, 0.3) is 11.1 Å². The van der Waals surface area contributed by atoms with Crippen molar-refractivity contribution in [2.24, 2.45) is 0 Å². The van der Waals surface area contributed by atoms with Gasteiger partial charge in [-0.3, -0.25) is 0 Å². The van der Waals surface area contributed by atoms with Crippen LogP contribution in [0.5, 0.6) is 46.0 Å². The molecule has 2 aliphatic heterocycles. The molecule has 0 fully saturated rings. The minimum Gasteiger partial charge on any atom is -0.487 e. The quantitative estimate of drug-likeness (QED) is 0.222. The van der Waals surface area contributed by atoms with E-state index in [4.69, 9.17) is 75.8 Å². The summed E-state index contributed by atoms with van der Waals surface area (Å²) in [4.78, 5) is 0. The van der Waals surface area contributed by atoms with Crippen LogP contribution < -0.4 is 37.9 Å². The van der Waals surface area contributed by atoms with E-state index >= 15 is 0 Å². The summed E-state index contributed by atoms with van der Waals surface area (Å²) in [5, 5.41) is 0. The number of benzene rings is 4. The van der Waals surface area contributed by atoms with E-state index in [0.717, 1.165) is 11.1 Å². The van der Waals surface area contributed by atoms with E-state index in [1.807, 2.05) is 84.9 Å². The predicted octanol–water partition coefficient (Wildman–Crippen LogP) is 5.94. The zero-order chi connectivity index (χ0) is 44.0. The lowest BCUT2D eigenvalue weighted by Gasteiger charge is -2.17. The fourth-order valence-corrected chi connectivity index (χ4v) is 6.19. The molecule has 0 aromatic heterocycles. The number of hydrogen-bond acceptors (Lipinski definition) is 16. The minimum absolute atomic E-state index is 0.296. The Labute approximate surface area is 375 Å². The van der Waals surface area contributed by atoms with E-state index < -0.39 is 0 Å². The summed E-state index contributed by atoms with van der Waals surface area (Å²) >= 11 is 0. The number of hydrogen-bond donors (Lipinski definition) is 0. The Morgan fingerprint density at radius 2 is 0.375 bits per heavy atom. The standard InChI is InChI=1S/C48H62O16/c1-3-7-43-41(5-1)57-29-21-49-13-15-53-25-33-61-45-11-9-39(37-47(45)63-35-27-55-19-17-51-23-31-59-43)40-10-12-46-48(38-40)64-36-28-56-20-18-52-24-32-60-44-8-4-2-6-42(44)58-30-22-50-14-16-54-26-34-62-46/h1-12,37-38H,13-36H2. The highest BCUT2D eigenvalue weighted by Gasteiger charge is 2.14. The second-order valence-corrected chi connectivity index (χ2v) is 13.9. The number of fused-ring (bicyclic) bond motifs is 4. The van der Waals surface area contributed by atoms with Crippen molar-refractivity contribution in [2.75, 3.05) is 159 Å². The largest absolute Gasteiger partial charge is 0.487 e. The number of rotatable bonds is 1. The maximum absolute atomic E-state index is 6.24. The first-order valence-electron chi connectivity index (χ1n) is 21.9. The van der Waals surface area contributed by atoms with E-state index in [-0.39, 0.29) is 0 Å².